The normalized spacial score (nSPS) is 10.5. The van der Waals surface area contributed by atoms with Crippen molar-refractivity contribution >= 4 is 33.2 Å². The number of rotatable bonds is 4. The Hall–Kier alpha value is -1.21. The molecule has 90 valence electrons. The maximum absolute atomic E-state index is 11.2. The van der Waals surface area contributed by atoms with Gasteiger partial charge in [0, 0.05) is 9.85 Å². The second kappa shape index (κ2) is 5.42. The molecule has 0 aliphatic heterocycles. The Labute approximate surface area is 110 Å². The fourth-order valence-corrected chi connectivity index (χ4v) is 2.54. The van der Waals surface area contributed by atoms with Crippen molar-refractivity contribution in [2.24, 2.45) is 0 Å². The van der Waals surface area contributed by atoms with E-state index in [0.29, 0.717) is 12.4 Å². The highest BCUT2D eigenvalue weighted by atomic mass is 79.9. The fraction of sp³-hybridized carbons (Fsp3) is 0.300. The second-order valence-electron chi connectivity index (χ2n) is 3.12. The Bertz CT molecular complexity index is 523. The van der Waals surface area contributed by atoms with Crippen molar-refractivity contribution in [3.63, 3.8) is 0 Å². The molecule has 0 radical (unpaired) electrons. The number of carbonyl (C=O) groups excluding carboxylic acids is 1. The van der Waals surface area contributed by atoms with Crippen molar-refractivity contribution < 1.29 is 14.1 Å². The lowest BCUT2D eigenvalue weighted by molar-refractivity contribution is -0.142. The minimum atomic E-state index is -0.366. The topological polar surface area (TPSA) is 65.2 Å². The van der Waals surface area contributed by atoms with Crippen LogP contribution in [0.15, 0.2) is 20.4 Å². The second-order valence-corrected chi connectivity index (χ2v) is 4.95. The summed E-state index contributed by atoms with van der Waals surface area (Å²) >= 11 is 4.84. The molecule has 0 saturated carbocycles. The molecule has 7 heteroatoms. The van der Waals surface area contributed by atoms with Crippen LogP contribution in [-0.4, -0.2) is 22.7 Å². The highest BCUT2D eigenvalue weighted by Gasteiger charge is 2.14. The van der Waals surface area contributed by atoms with E-state index in [1.165, 1.54) is 11.3 Å². The molecule has 17 heavy (non-hydrogen) atoms. The molecule has 2 aromatic rings. The van der Waals surface area contributed by atoms with Gasteiger partial charge in [0.15, 0.2) is 0 Å². The van der Waals surface area contributed by atoms with Crippen LogP contribution in [0.4, 0.5) is 0 Å². The molecule has 0 aromatic carbocycles. The first-order valence-corrected chi connectivity index (χ1v) is 6.59. The van der Waals surface area contributed by atoms with Gasteiger partial charge in [-0.1, -0.05) is 5.16 Å². The van der Waals surface area contributed by atoms with Crippen LogP contribution in [0.25, 0.3) is 10.7 Å². The molecule has 2 rings (SSSR count). The lowest BCUT2D eigenvalue weighted by Gasteiger charge is -1.96. The lowest BCUT2D eigenvalue weighted by atomic mass is 10.4. The van der Waals surface area contributed by atoms with E-state index in [4.69, 9.17) is 9.26 Å². The standard InChI is InChI=1S/C10H9BrN2O3S/c1-2-15-9(14)4-8-12-10(13-16-8)7-3-6(11)5-17-7/h3,5H,2,4H2,1H3. The molecule has 0 aliphatic carbocycles. The molecule has 0 aliphatic rings. The molecule has 0 N–H and O–H groups in total. The smallest absolute Gasteiger partial charge is 0.315 e. The van der Waals surface area contributed by atoms with Crippen LogP contribution < -0.4 is 0 Å². The van der Waals surface area contributed by atoms with Gasteiger partial charge < -0.3 is 9.26 Å². The van der Waals surface area contributed by atoms with Crippen molar-refractivity contribution in [2.45, 2.75) is 13.3 Å². The molecule has 0 unspecified atom stereocenters. The van der Waals surface area contributed by atoms with Gasteiger partial charge in [-0.2, -0.15) is 4.98 Å². The van der Waals surface area contributed by atoms with Crippen LogP contribution in [0.3, 0.4) is 0 Å². The number of halogens is 1. The largest absolute Gasteiger partial charge is 0.466 e. The van der Waals surface area contributed by atoms with Crippen LogP contribution in [0, 0.1) is 0 Å². The number of hydrogen-bond acceptors (Lipinski definition) is 6. The van der Waals surface area contributed by atoms with Crippen LogP contribution >= 0.6 is 27.3 Å². The van der Waals surface area contributed by atoms with E-state index in [0.717, 1.165) is 9.35 Å². The molecular weight excluding hydrogens is 308 g/mol. The van der Waals surface area contributed by atoms with E-state index in [2.05, 4.69) is 26.1 Å². The number of aromatic nitrogens is 2. The molecule has 0 fully saturated rings. The molecule has 0 bridgehead atoms. The number of ether oxygens (including phenoxy) is 1. The highest BCUT2D eigenvalue weighted by molar-refractivity contribution is 9.10. The Morgan fingerprint density at radius 3 is 3.12 bits per heavy atom. The van der Waals surface area contributed by atoms with Gasteiger partial charge >= 0.3 is 5.97 Å². The summed E-state index contributed by atoms with van der Waals surface area (Å²) in [4.78, 5) is 16.2. The summed E-state index contributed by atoms with van der Waals surface area (Å²) in [5.74, 6) is 0.387. The average Bonchev–Trinajstić information content (AvgIpc) is 2.87. The fourth-order valence-electron chi connectivity index (χ4n) is 1.19. The van der Waals surface area contributed by atoms with Gasteiger partial charge in [-0.15, -0.1) is 11.3 Å². The van der Waals surface area contributed by atoms with Crippen LogP contribution in [0.2, 0.25) is 0 Å². The number of hydrogen-bond donors (Lipinski definition) is 0. The van der Waals surface area contributed by atoms with E-state index < -0.39 is 0 Å². The molecule has 0 saturated heterocycles. The number of esters is 1. The summed E-state index contributed by atoms with van der Waals surface area (Å²) < 4.78 is 10.7. The zero-order valence-corrected chi connectivity index (χ0v) is 11.4. The Kier molecular flexibility index (Phi) is 3.90. The summed E-state index contributed by atoms with van der Waals surface area (Å²) in [5, 5.41) is 5.74. The molecule has 2 heterocycles. The third kappa shape index (κ3) is 3.13. The van der Waals surface area contributed by atoms with Gasteiger partial charge in [0.05, 0.1) is 11.5 Å². The highest BCUT2D eigenvalue weighted by Crippen LogP contribution is 2.27. The predicted octanol–water partition coefficient (Wildman–Crippen LogP) is 2.67. The maximum atomic E-state index is 11.2. The summed E-state index contributed by atoms with van der Waals surface area (Å²) in [6.45, 7) is 2.10. The van der Waals surface area contributed by atoms with E-state index in [-0.39, 0.29) is 18.3 Å². The Morgan fingerprint density at radius 2 is 2.47 bits per heavy atom. The minimum absolute atomic E-state index is 0.00733. The minimum Gasteiger partial charge on any atom is -0.466 e. The van der Waals surface area contributed by atoms with Crippen molar-refractivity contribution in [3.05, 3.63) is 21.8 Å². The van der Waals surface area contributed by atoms with E-state index >= 15 is 0 Å². The van der Waals surface area contributed by atoms with Gasteiger partial charge in [0.1, 0.15) is 6.42 Å². The van der Waals surface area contributed by atoms with E-state index in [1.807, 2.05) is 11.4 Å². The zero-order valence-electron chi connectivity index (χ0n) is 8.97. The van der Waals surface area contributed by atoms with E-state index in [9.17, 15) is 4.79 Å². The molecule has 0 atom stereocenters. The molecule has 5 nitrogen and oxygen atoms in total. The summed E-state index contributed by atoms with van der Waals surface area (Å²) in [6, 6.07) is 1.89. The monoisotopic (exact) mass is 316 g/mol. The van der Waals surface area contributed by atoms with Gasteiger partial charge in [-0.3, -0.25) is 4.79 Å². The lowest BCUT2D eigenvalue weighted by Crippen LogP contribution is -2.07. The van der Waals surface area contributed by atoms with Gasteiger partial charge in [0.25, 0.3) is 0 Å². The molecule has 0 spiro atoms. The maximum Gasteiger partial charge on any atom is 0.315 e. The average molecular weight is 317 g/mol. The van der Waals surface area contributed by atoms with Gasteiger partial charge in [-0.05, 0) is 28.9 Å². The number of thiophene rings is 1. The Morgan fingerprint density at radius 1 is 1.65 bits per heavy atom. The predicted molar refractivity (Wildman–Crippen MR) is 65.6 cm³/mol. The molecular formula is C10H9BrN2O3S. The molecule has 0 amide bonds. The van der Waals surface area contributed by atoms with Crippen LogP contribution in [0.5, 0.6) is 0 Å². The summed E-state index contributed by atoms with van der Waals surface area (Å²) in [7, 11) is 0. The quantitative estimate of drug-likeness (QED) is 0.811. The Balaban J connectivity index is 2.08. The van der Waals surface area contributed by atoms with Crippen LogP contribution in [-0.2, 0) is 16.0 Å². The number of carbonyl (C=O) groups is 1. The van der Waals surface area contributed by atoms with Crippen molar-refractivity contribution in [1.82, 2.24) is 10.1 Å². The van der Waals surface area contributed by atoms with Crippen molar-refractivity contribution in [3.8, 4) is 10.7 Å². The summed E-state index contributed by atoms with van der Waals surface area (Å²) in [6.07, 6.45) is 0.00733. The number of nitrogens with zero attached hydrogens (tertiary/aromatic N) is 2. The van der Waals surface area contributed by atoms with Crippen molar-refractivity contribution in [1.29, 1.82) is 0 Å². The zero-order chi connectivity index (χ0) is 12.3. The van der Waals surface area contributed by atoms with Crippen molar-refractivity contribution in [2.75, 3.05) is 6.61 Å². The first kappa shape index (κ1) is 12.3. The third-order valence-electron chi connectivity index (χ3n) is 1.86. The van der Waals surface area contributed by atoms with Crippen LogP contribution in [0.1, 0.15) is 12.8 Å². The van der Waals surface area contributed by atoms with Gasteiger partial charge in [0.2, 0.25) is 11.7 Å². The van der Waals surface area contributed by atoms with E-state index in [1.54, 1.807) is 6.92 Å². The summed E-state index contributed by atoms with van der Waals surface area (Å²) in [5.41, 5.74) is 0. The third-order valence-corrected chi connectivity index (χ3v) is 3.54. The molecule has 2 aromatic heterocycles. The first-order chi connectivity index (χ1) is 8.19. The van der Waals surface area contributed by atoms with Gasteiger partial charge in [-0.25, -0.2) is 0 Å². The SMILES string of the molecule is CCOC(=O)Cc1nc(-c2cc(Br)cs2)no1. The first-order valence-electron chi connectivity index (χ1n) is 4.91.